The van der Waals surface area contributed by atoms with Crippen LogP contribution in [-0.4, -0.2) is 13.2 Å². The maximum absolute atomic E-state index is 5.57. The van der Waals surface area contributed by atoms with E-state index in [9.17, 15) is 0 Å². The lowest BCUT2D eigenvalue weighted by Gasteiger charge is -2.02. The van der Waals surface area contributed by atoms with Crippen molar-refractivity contribution in [3.63, 3.8) is 0 Å². The molecule has 0 saturated carbocycles. The molecule has 1 aromatic rings. The first-order valence-electron chi connectivity index (χ1n) is 4.75. The van der Waals surface area contributed by atoms with Crippen molar-refractivity contribution in [3.05, 3.63) is 29.8 Å². The second-order valence-corrected chi connectivity index (χ2v) is 3.10. The van der Waals surface area contributed by atoms with Gasteiger partial charge in [-0.3, -0.25) is 0 Å². The highest BCUT2D eigenvalue weighted by Crippen LogP contribution is 2.05. The van der Waals surface area contributed by atoms with Gasteiger partial charge >= 0.3 is 0 Å². The highest BCUT2D eigenvalue weighted by molar-refractivity contribution is 5.39. The minimum absolute atomic E-state index is 0.803. The Morgan fingerprint density at radius 3 is 2.46 bits per heavy atom. The zero-order valence-electron chi connectivity index (χ0n) is 8.12. The van der Waals surface area contributed by atoms with Gasteiger partial charge in [0.1, 0.15) is 0 Å². The monoisotopic (exact) mass is 179 g/mol. The van der Waals surface area contributed by atoms with E-state index < -0.39 is 0 Å². The summed E-state index contributed by atoms with van der Waals surface area (Å²) in [6.45, 7) is 3.77. The van der Waals surface area contributed by atoms with Gasteiger partial charge in [-0.15, -0.1) is 0 Å². The van der Waals surface area contributed by atoms with Gasteiger partial charge in [-0.05, 0) is 30.5 Å². The van der Waals surface area contributed by atoms with Crippen LogP contribution < -0.4 is 5.73 Å². The highest BCUT2D eigenvalue weighted by Gasteiger charge is 1.92. The molecule has 0 aromatic heterocycles. The van der Waals surface area contributed by atoms with Crippen molar-refractivity contribution in [2.75, 3.05) is 18.9 Å². The molecule has 0 radical (unpaired) electrons. The summed E-state index contributed by atoms with van der Waals surface area (Å²) in [6.07, 6.45) is 2.06. The second-order valence-electron chi connectivity index (χ2n) is 3.10. The van der Waals surface area contributed by atoms with E-state index in [-0.39, 0.29) is 0 Å². The van der Waals surface area contributed by atoms with E-state index in [1.165, 1.54) is 5.56 Å². The molecule has 0 unspecified atom stereocenters. The second kappa shape index (κ2) is 5.60. The largest absolute Gasteiger partial charge is 0.399 e. The molecule has 0 bridgehead atoms. The maximum Gasteiger partial charge on any atom is 0.0506 e. The van der Waals surface area contributed by atoms with Crippen LogP contribution in [0.25, 0.3) is 0 Å². The van der Waals surface area contributed by atoms with Crippen molar-refractivity contribution in [2.24, 2.45) is 0 Å². The van der Waals surface area contributed by atoms with Crippen molar-refractivity contribution in [1.29, 1.82) is 0 Å². The SMILES string of the molecule is CCCOCCc1ccc(N)cc1. The fourth-order valence-electron chi connectivity index (χ4n) is 1.12. The van der Waals surface area contributed by atoms with Gasteiger partial charge in [-0.1, -0.05) is 19.1 Å². The zero-order valence-corrected chi connectivity index (χ0v) is 8.12. The average molecular weight is 179 g/mol. The summed E-state index contributed by atoms with van der Waals surface area (Å²) in [5.41, 5.74) is 7.67. The summed E-state index contributed by atoms with van der Waals surface area (Å²) >= 11 is 0. The number of hydrogen-bond donors (Lipinski definition) is 1. The molecule has 0 fully saturated rings. The van der Waals surface area contributed by atoms with Crippen LogP contribution in [0.3, 0.4) is 0 Å². The molecule has 1 aromatic carbocycles. The van der Waals surface area contributed by atoms with Crippen LogP contribution >= 0.6 is 0 Å². The molecule has 13 heavy (non-hydrogen) atoms. The van der Waals surface area contributed by atoms with Gasteiger partial charge in [0.2, 0.25) is 0 Å². The molecule has 0 aliphatic carbocycles. The number of nitrogens with two attached hydrogens (primary N) is 1. The molecule has 0 saturated heterocycles. The van der Waals surface area contributed by atoms with Crippen LogP contribution in [0.1, 0.15) is 18.9 Å². The van der Waals surface area contributed by atoms with E-state index in [1.54, 1.807) is 0 Å². The Labute approximate surface area is 79.7 Å². The Morgan fingerprint density at radius 2 is 1.85 bits per heavy atom. The Morgan fingerprint density at radius 1 is 1.15 bits per heavy atom. The van der Waals surface area contributed by atoms with Crippen molar-refractivity contribution in [1.82, 2.24) is 0 Å². The standard InChI is InChI=1S/C11H17NO/c1-2-8-13-9-7-10-3-5-11(12)6-4-10/h3-6H,2,7-9,12H2,1H3. The fourth-order valence-corrected chi connectivity index (χ4v) is 1.12. The minimum atomic E-state index is 0.803. The minimum Gasteiger partial charge on any atom is -0.399 e. The average Bonchev–Trinajstić information content (AvgIpc) is 2.15. The normalized spacial score (nSPS) is 10.2. The topological polar surface area (TPSA) is 35.2 Å². The van der Waals surface area contributed by atoms with E-state index in [2.05, 4.69) is 6.92 Å². The molecule has 72 valence electrons. The lowest BCUT2D eigenvalue weighted by atomic mass is 10.1. The van der Waals surface area contributed by atoms with Crippen LogP contribution in [0, 0.1) is 0 Å². The van der Waals surface area contributed by atoms with Crippen molar-refractivity contribution >= 4 is 5.69 Å². The summed E-state index contributed by atoms with van der Waals surface area (Å²) < 4.78 is 5.39. The van der Waals surface area contributed by atoms with Crippen LogP contribution in [-0.2, 0) is 11.2 Å². The number of ether oxygens (including phenoxy) is 1. The third-order valence-electron chi connectivity index (χ3n) is 1.86. The molecule has 2 N–H and O–H groups in total. The Hall–Kier alpha value is -1.02. The predicted octanol–water partition coefficient (Wildman–Crippen LogP) is 2.24. The maximum atomic E-state index is 5.57. The van der Waals surface area contributed by atoms with Gasteiger partial charge in [0, 0.05) is 12.3 Å². The predicted molar refractivity (Wildman–Crippen MR) is 55.7 cm³/mol. The smallest absolute Gasteiger partial charge is 0.0506 e. The van der Waals surface area contributed by atoms with Crippen LogP contribution in [0.5, 0.6) is 0 Å². The van der Waals surface area contributed by atoms with Crippen LogP contribution in [0.2, 0.25) is 0 Å². The Balaban J connectivity index is 2.25. The number of nitrogen functional groups attached to an aromatic ring is 1. The van der Waals surface area contributed by atoms with Crippen molar-refractivity contribution in [3.8, 4) is 0 Å². The number of rotatable bonds is 5. The molecular weight excluding hydrogens is 162 g/mol. The molecule has 1 rings (SSSR count). The first-order valence-corrected chi connectivity index (χ1v) is 4.75. The third kappa shape index (κ3) is 3.95. The van der Waals surface area contributed by atoms with Crippen LogP contribution in [0.15, 0.2) is 24.3 Å². The lowest BCUT2D eigenvalue weighted by molar-refractivity contribution is 0.138. The van der Waals surface area contributed by atoms with Crippen molar-refractivity contribution < 1.29 is 4.74 Å². The Kier molecular flexibility index (Phi) is 4.33. The molecule has 0 amide bonds. The van der Waals surface area contributed by atoms with E-state index in [4.69, 9.17) is 10.5 Å². The Bertz CT molecular complexity index is 230. The first kappa shape index (κ1) is 10.1. The summed E-state index contributed by atoms with van der Waals surface area (Å²) in [5.74, 6) is 0. The summed E-state index contributed by atoms with van der Waals surface area (Å²) in [5, 5.41) is 0. The first-order chi connectivity index (χ1) is 6.33. The van der Waals surface area contributed by atoms with E-state index >= 15 is 0 Å². The van der Waals surface area contributed by atoms with Gasteiger partial charge < -0.3 is 10.5 Å². The number of hydrogen-bond acceptors (Lipinski definition) is 2. The summed E-state index contributed by atoms with van der Waals surface area (Å²) in [7, 11) is 0. The molecule has 0 heterocycles. The summed E-state index contributed by atoms with van der Waals surface area (Å²) in [4.78, 5) is 0. The molecule has 0 aliphatic rings. The molecule has 0 aliphatic heterocycles. The molecule has 0 atom stereocenters. The number of benzene rings is 1. The van der Waals surface area contributed by atoms with Gasteiger partial charge in [0.05, 0.1) is 6.61 Å². The summed E-state index contributed by atoms with van der Waals surface area (Å²) in [6, 6.07) is 7.94. The van der Waals surface area contributed by atoms with E-state index in [0.717, 1.165) is 31.7 Å². The molecule has 0 spiro atoms. The quantitative estimate of drug-likeness (QED) is 0.555. The lowest BCUT2D eigenvalue weighted by Crippen LogP contribution is -1.99. The van der Waals surface area contributed by atoms with Gasteiger partial charge in [0.25, 0.3) is 0 Å². The molecule has 2 heteroatoms. The third-order valence-corrected chi connectivity index (χ3v) is 1.86. The number of anilines is 1. The van der Waals surface area contributed by atoms with Crippen LogP contribution in [0.4, 0.5) is 5.69 Å². The molecular formula is C11H17NO. The van der Waals surface area contributed by atoms with Gasteiger partial charge in [0.15, 0.2) is 0 Å². The van der Waals surface area contributed by atoms with Gasteiger partial charge in [-0.2, -0.15) is 0 Å². The fraction of sp³-hybridized carbons (Fsp3) is 0.455. The highest BCUT2D eigenvalue weighted by atomic mass is 16.5. The van der Waals surface area contributed by atoms with Crippen molar-refractivity contribution in [2.45, 2.75) is 19.8 Å². The molecule has 2 nitrogen and oxygen atoms in total. The van der Waals surface area contributed by atoms with E-state index in [0.29, 0.717) is 0 Å². The van der Waals surface area contributed by atoms with Gasteiger partial charge in [-0.25, -0.2) is 0 Å². The zero-order chi connectivity index (χ0) is 9.52. The van der Waals surface area contributed by atoms with E-state index in [1.807, 2.05) is 24.3 Å².